The number of rotatable bonds is 6. The summed E-state index contributed by atoms with van der Waals surface area (Å²) in [5.41, 5.74) is 1.02. The smallest absolute Gasteiger partial charge is 0.251 e. The molecule has 2 N–H and O–H groups in total. The summed E-state index contributed by atoms with van der Waals surface area (Å²) in [5.74, 6) is -1.93. The fraction of sp³-hybridized carbons (Fsp3) is 0.222. The van der Waals surface area contributed by atoms with Gasteiger partial charge < -0.3 is 10.4 Å². The van der Waals surface area contributed by atoms with Gasteiger partial charge in [-0.15, -0.1) is 0 Å². The number of halogens is 2. The molecule has 1 amide bonds. The van der Waals surface area contributed by atoms with Crippen LogP contribution in [0.25, 0.3) is 0 Å². The third kappa shape index (κ3) is 4.70. The van der Waals surface area contributed by atoms with E-state index in [1.165, 1.54) is 25.1 Å². The number of ketones is 1. The average molecular weight is 333 g/mol. The highest BCUT2D eigenvalue weighted by atomic mass is 19.1. The van der Waals surface area contributed by atoms with Crippen LogP contribution >= 0.6 is 0 Å². The van der Waals surface area contributed by atoms with E-state index in [9.17, 15) is 23.5 Å². The Morgan fingerprint density at radius 3 is 2.29 bits per heavy atom. The number of hydrogen-bond donors (Lipinski definition) is 2. The molecule has 4 nitrogen and oxygen atoms in total. The van der Waals surface area contributed by atoms with Crippen LogP contribution in [-0.2, 0) is 6.42 Å². The number of aliphatic hydroxyl groups is 1. The summed E-state index contributed by atoms with van der Waals surface area (Å²) in [5, 5.41) is 12.4. The van der Waals surface area contributed by atoms with E-state index in [0.717, 1.165) is 12.1 Å². The van der Waals surface area contributed by atoms with Crippen LogP contribution in [-0.4, -0.2) is 29.4 Å². The van der Waals surface area contributed by atoms with Gasteiger partial charge in [0, 0.05) is 30.2 Å². The standard InChI is InChI=1S/C18H17F2NO3/c1-11(22)12-2-4-13(5-3-12)18(24)21-10-16(23)8-14-6-7-15(19)9-17(14)20/h2-7,9,16,23H,8,10H2,1H3,(H,21,24)/t16-/m1/s1. The molecule has 0 saturated heterocycles. The van der Waals surface area contributed by atoms with Gasteiger partial charge in [-0.2, -0.15) is 0 Å². The Balaban J connectivity index is 1.89. The Morgan fingerprint density at radius 1 is 1.08 bits per heavy atom. The maximum atomic E-state index is 13.5. The fourth-order valence-electron chi connectivity index (χ4n) is 2.18. The summed E-state index contributed by atoms with van der Waals surface area (Å²) in [6.45, 7) is 1.35. The lowest BCUT2D eigenvalue weighted by atomic mass is 10.1. The lowest BCUT2D eigenvalue weighted by Gasteiger charge is -2.13. The second-order valence-corrected chi connectivity index (χ2v) is 5.44. The summed E-state index contributed by atoms with van der Waals surface area (Å²) in [6.07, 6.45) is -1.05. The van der Waals surface area contributed by atoms with Crippen LogP contribution in [0, 0.1) is 11.6 Å². The summed E-state index contributed by atoms with van der Waals surface area (Å²) in [6, 6.07) is 9.23. The van der Waals surface area contributed by atoms with Crippen molar-refractivity contribution in [1.82, 2.24) is 5.32 Å². The predicted molar refractivity (Wildman–Crippen MR) is 84.8 cm³/mol. The van der Waals surface area contributed by atoms with Crippen molar-refractivity contribution in [3.8, 4) is 0 Å². The lowest BCUT2D eigenvalue weighted by Crippen LogP contribution is -2.33. The molecule has 6 heteroatoms. The van der Waals surface area contributed by atoms with Crippen LogP contribution in [0.3, 0.4) is 0 Å². The summed E-state index contributed by atoms with van der Waals surface area (Å²) < 4.78 is 26.3. The summed E-state index contributed by atoms with van der Waals surface area (Å²) in [4.78, 5) is 23.1. The molecule has 0 heterocycles. The van der Waals surface area contributed by atoms with Gasteiger partial charge in [0.1, 0.15) is 11.6 Å². The van der Waals surface area contributed by atoms with Gasteiger partial charge in [0.25, 0.3) is 5.91 Å². The molecule has 2 aromatic carbocycles. The molecular weight excluding hydrogens is 316 g/mol. The molecule has 0 bridgehead atoms. The van der Waals surface area contributed by atoms with Crippen LogP contribution < -0.4 is 5.32 Å². The minimum atomic E-state index is -1.01. The van der Waals surface area contributed by atoms with Gasteiger partial charge in [-0.05, 0) is 30.7 Å². The molecule has 0 aliphatic rings. The van der Waals surface area contributed by atoms with Crippen molar-refractivity contribution in [2.45, 2.75) is 19.4 Å². The largest absolute Gasteiger partial charge is 0.391 e. The third-order valence-electron chi connectivity index (χ3n) is 3.52. The topological polar surface area (TPSA) is 66.4 Å². The zero-order valence-electron chi connectivity index (χ0n) is 13.1. The number of amides is 1. The average Bonchev–Trinajstić information content (AvgIpc) is 2.55. The summed E-state index contributed by atoms with van der Waals surface area (Å²) >= 11 is 0. The first-order valence-corrected chi connectivity index (χ1v) is 7.38. The number of aliphatic hydroxyl groups excluding tert-OH is 1. The van der Waals surface area contributed by atoms with E-state index in [-0.39, 0.29) is 24.3 Å². The molecule has 0 fully saturated rings. The highest BCUT2D eigenvalue weighted by molar-refractivity contribution is 5.97. The van der Waals surface area contributed by atoms with Crippen LogP contribution in [0.4, 0.5) is 8.78 Å². The van der Waals surface area contributed by atoms with Gasteiger partial charge in [0.2, 0.25) is 0 Å². The molecular formula is C18H17F2NO3. The van der Waals surface area contributed by atoms with Crippen molar-refractivity contribution in [3.63, 3.8) is 0 Å². The number of carbonyl (C=O) groups excluding carboxylic acids is 2. The van der Waals surface area contributed by atoms with Crippen LogP contribution in [0.15, 0.2) is 42.5 Å². The lowest BCUT2D eigenvalue weighted by molar-refractivity contribution is 0.0914. The molecule has 24 heavy (non-hydrogen) atoms. The van der Waals surface area contributed by atoms with Crippen molar-refractivity contribution < 1.29 is 23.5 Å². The van der Waals surface area contributed by atoms with Crippen LogP contribution in [0.2, 0.25) is 0 Å². The minimum Gasteiger partial charge on any atom is -0.391 e. The summed E-state index contributed by atoms with van der Waals surface area (Å²) in [7, 11) is 0. The zero-order chi connectivity index (χ0) is 17.7. The highest BCUT2D eigenvalue weighted by Crippen LogP contribution is 2.12. The Morgan fingerprint density at radius 2 is 1.71 bits per heavy atom. The number of benzene rings is 2. The van der Waals surface area contributed by atoms with E-state index in [4.69, 9.17) is 0 Å². The van der Waals surface area contributed by atoms with E-state index in [0.29, 0.717) is 11.1 Å². The maximum Gasteiger partial charge on any atom is 0.251 e. The first-order chi connectivity index (χ1) is 11.4. The van der Waals surface area contributed by atoms with Crippen molar-refractivity contribution in [1.29, 1.82) is 0 Å². The number of hydrogen-bond acceptors (Lipinski definition) is 3. The van der Waals surface area contributed by atoms with E-state index in [1.807, 2.05) is 0 Å². The van der Waals surface area contributed by atoms with Crippen molar-refractivity contribution in [3.05, 3.63) is 70.8 Å². The molecule has 0 spiro atoms. The minimum absolute atomic E-state index is 0.0460. The SMILES string of the molecule is CC(=O)c1ccc(C(=O)NC[C@H](O)Cc2ccc(F)cc2F)cc1. The molecule has 0 aliphatic carbocycles. The monoisotopic (exact) mass is 333 g/mol. The second kappa shape index (κ2) is 7.79. The van der Waals surface area contributed by atoms with Crippen molar-refractivity contribution >= 4 is 11.7 Å². The molecule has 2 rings (SSSR count). The number of nitrogens with one attached hydrogen (secondary N) is 1. The van der Waals surface area contributed by atoms with E-state index >= 15 is 0 Å². The molecule has 126 valence electrons. The number of Topliss-reactive ketones (excluding diaryl/α,β-unsaturated/α-hetero) is 1. The normalized spacial score (nSPS) is 11.8. The molecule has 1 atom stereocenters. The first kappa shape index (κ1) is 17.7. The fourth-order valence-corrected chi connectivity index (χ4v) is 2.18. The molecule has 0 radical (unpaired) electrons. The quantitative estimate of drug-likeness (QED) is 0.798. The Kier molecular flexibility index (Phi) is 5.76. The van der Waals surface area contributed by atoms with E-state index in [1.54, 1.807) is 12.1 Å². The molecule has 2 aromatic rings. The molecule has 0 aliphatic heterocycles. The van der Waals surface area contributed by atoms with Gasteiger partial charge in [0.15, 0.2) is 5.78 Å². The van der Waals surface area contributed by atoms with Gasteiger partial charge >= 0.3 is 0 Å². The van der Waals surface area contributed by atoms with Crippen molar-refractivity contribution in [2.24, 2.45) is 0 Å². The highest BCUT2D eigenvalue weighted by Gasteiger charge is 2.13. The van der Waals surface area contributed by atoms with E-state index < -0.39 is 23.6 Å². The van der Waals surface area contributed by atoms with Gasteiger partial charge in [-0.25, -0.2) is 8.78 Å². The molecule has 0 unspecified atom stereocenters. The third-order valence-corrected chi connectivity index (χ3v) is 3.52. The second-order valence-electron chi connectivity index (χ2n) is 5.44. The van der Waals surface area contributed by atoms with Crippen LogP contribution in [0.5, 0.6) is 0 Å². The Bertz CT molecular complexity index is 744. The number of carbonyl (C=O) groups is 2. The van der Waals surface area contributed by atoms with Crippen LogP contribution in [0.1, 0.15) is 33.2 Å². The van der Waals surface area contributed by atoms with Gasteiger partial charge in [0.05, 0.1) is 6.10 Å². The zero-order valence-corrected chi connectivity index (χ0v) is 13.1. The van der Waals surface area contributed by atoms with Gasteiger partial charge in [-0.1, -0.05) is 18.2 Å². The van der Waals surface area contributed by atoms with E-state index in [2.05, 4.69) is 5.32 Å². The maximum absolute atomic E-state index is 13.5. The first-order valence-electron chi connectivity index (χ1n) is 7.38. The molecule has 0 saturated carbocycles. The predicted octanol–water partition coefficient (Wildman–Crippen LogP) is 2.50. The Labute approximate surface area is 138 Å². The van der Waals surface area contributed by atoms with Crippen molar-refractivity contribution in [2.75, 3.05) is 6.54 Å². The Hall–Kier alpha value is -2.60. The van der Waals surface area contributed by atoms with Gasteiger partial charge in [-0.3, -0.25) is 9.59 Å². The molecule has 0 aromatic heterocycles.